The van der Waals surface area contributed by atoms with E-state index >= 15 is 0 Å². The van der Waals surface area contributed by atoms with Gasteiger partial charge in [0.15, 0.2) is 5.13 Å². The molecule has 2 heterocycles. The van der Waals surface area contributed by atoms with Crippen molar-refractivity contribution in [2.24, 2.45) is 0 Å². The van der Waals surface area contributed by atoms with E-state index in [1.165, 1.54) is 19.3 Å². The number of anilines is 1. The normalized spacial score (nSPS) is 20.9. The van der Waals surface area contributed by atoms with Crippen molar-refractivity contribution in [3.05, 3.63) is 10.6 Å². The largest absolute Gasteiger partial charge is 0.385 e. The average molecular weight is 282 g/mol. The monoisotopic (exact) mass is 282 g/mol. The molecule has 0 aromatic carbocycles. The topological polar surface area (TPSA) is 36.4 Å². The molecule has 0 spiro atoms. The zero-order chi connectivity index (χ0) is 14.0. The van der Waals surface area contributed by atoms with Crippen LogP contribution in [0.25, 0.3) is 0 Å². The summed E-state index contributed by atoms with van der Waals surface area (Å²) >= 11 is 1.68. The molecule has 2 rings (SSSR count). The van der Waals surface area contributed by atoms with Gasteiger partial charge in [0.2, 0.25) is 0 Å². The highest BCUT2D eigenvalue weighted by Gasteiger charge is 2.28. The molecule has 1 aromatic rings. The van der Waals surface area contributed by atoms with Crippen LogP contribution in [0.2, 0.25) is 0 Å². The molecule has 1 saturated heterocycles. The molecule has 4 heteroatoms. The molecule has 0 amide bonds. The number of thiazole rings is 1. The number of nitrogens with zero attached hydrogens (tertiary/aromatic N) is 2. The van der Waals surface area contributed by atoms with Crippen LogP contribution in [0.4, 0.5) is 5.13 Å². The fourth-order valence-corrected chi connectivity index (χ4v) is 3.97. The minimum atomic E-state index is -0.778. The van der Waals surface area contributed by atoms with Gasteiger partial charge in [-0.15, -0.1) is 0 Å². The fraction of sp³-hybridized carbons (Fsp3) is 0.800. The summed E-state index contributed by atoms with van der Waals surface area (Å²) in [5.74, 6) is 0. The van der Waals surface area contributed by atoms with Gasteiger partial charge in [-0.25, -0.2) is 4.98 Å². The summed E-state index contributed by atoms with van der Waals surface area (Å²) in [6.45, 7) is 9.28. The second-order valence-electron chi connectivity index (χ2n) is 6.12. The SMILES string of the molecule is CCCc1nc(N2CCCCC2C)sc1C(C)(C)O. The van der Waals surface area contributed by atoms with Crippen molar-refractivity contribution >= 4 is 16.5 Å². The second-order valence-corrected chi connectivity index (χ2v) is 7.10. The molecule has 1 aliphatic rings. The van der Waals surface area contributed by atoms with Crippen molar-refractivity contribution in [1.29, 1.82) is 0 Å². The minimum absolute atomic E-state index is 0.573. The Balaban J connectivity index is 2.31. The maximum absolute atomic E-state index is 10.3. The van der Waals surface area contributed by atoms with Crippen LogP contribution in [0.15, 0.2) is 0 Å². The van der Waals surface area contributed by atoms with E-state index in [1.54, 1.807) is 11.3 Å². The van der Waals surface area contributed by atoms with Crippen molar-refractivity contribution in [1.82, 2.24) is 4.98 Å². The van der Waals surface area contributed by atoms with E-state index in [-0.39, 0.29) is 0 Å². The summed E-state index contributed by atoms with van der Waals surface area (Å²) in [7, 11) is 0. The van der Waals surface area contributed by atoms with E-state index in [4.69, 9.17) is 4.98 Å². The minimum Gasteiger partial charge on any atom is -0.385 e. The number of aliphatic hydroxyl groups is 1. The number of rotatable bonds is 4. The predicted molar refractivity (Wildman–Crippen MR) is 82.0 cm³/mol. The number of hydrogen-bond donors (Lipinski definition) is 1. The molecule has 0 saturated carbocycles. The highest BCUT2D eigenvalue weighted by molar-refractivity contribution is 7.15. The molecule has 1 unspecified atom stereocenters. The summed E-state index contributed by atoms with van der Waals surface area (Å²) in [4.78, 5) is 8.29. The molecule has 1 aromatic heterocycles. The van der Waals surface area contributed by atoms with Crippen molar-refractivity contribution in [2.45, 2.75) is 71.4 Å². The van der Waals surface area contributed by atoms with Crippen molar-refractivity contribution < 1.29 is 5.11 Å². The zero-order valence-electron chi connectivity index (χ0n) is 12.6. The number of aromatic nitrogens is 1. The molecule has 108 valence electrons. The lowest BCUT2D eigenvalue weighted by Gasteiger charge is -2.33. The summed E-state index contributed by atoms with van der Waals surface area (Å²) < 4.78 is 0. The molecule has 1 aliphatic heterocycles. The molecule has 0 bridgehead atoms. The molecular formula is C15H26N2OS. The van der Waals surface area contributed by atoms with Gasteiger partial charge < -0.3 is 10.0 Å². The maximum atomic E-state index is 10.3. The third-order valence-electron chi connectivity index (χ3n) is 3.78. The predicted octanol–water partition coefficient (Wildman–Crippen LogP) is 3.70. The van der Waals surface area contributed by atoms with Gasteiger partial charge in [-0.05, 0) is 46.5 Å². The Kier molecular flexibility index (Phi) is 4.51. The van der Waals surface area contributed by atoms with Gasteiger partial charge >= 0.3 is 0 Å². The molecular weight excluding hydrogens is 256 g/mol. The molecule has 1 atom stereocenters. The van der Waals surface area contributed by atoms with E-state index in [9.17, 15) is 5.11 Å². The molecule has 0 radical (unpaired) electrons. The summed E-state index contributed by atoms with van der Waals surface area (Å²) in [5.41, 5.74) is 0.312. The van der Waals surface area contributed by atoms with E-state index in [0.29, 0.717) is 6.04 Å². The Morgan fingerprint density at radius 2 is 2.16 bits per heavy atom. The Bertz CT molecular complexity index is 422. The molecule has 1 fully saturated rings. The average Bonchev–Trinajstić information content (AvgIpc) is 2.74. The maximum Gasteiger partial charge on any atom is 0.186 e. The number of hydrogen-bond acceptors (Lipinski definition) is 4. The lowest BCUT2D eigenvalue weighted by atomic mass is 10.0. The summed E-state index contributed by atoms with van der Waals surface area (Å²) in [6, 6.07) is 0.573. The first-order valence-electron chi connectivity index (χ1n) is 7.42. The van der Waals surface area contributed by atoms with E-state index in [2.05, 4.69) is 18.7 Å². The van der Waals surface area contributed by atoms with Gasteiger partial charge in [-0.2, -0.15) is 0 Å². The molecule has 3 nitrogen and oxygen atoms in total. The van der Waals surface area contributed by atoms with Crippen LogP contribution in [0.1, 0.15) is 63.9 Å². The lowest BCUT2D eigenvalue weighted by molar-refractivity contribution is 0.0813. The van der Waals surface area contributed by atoms with E-state index in [0.717, 1.165) is 35.1 Å². The van der Waals surface area contributed by atoms with Gasteiger partial charge in [0.25, 0.3) is 0 Å². The van der Waals surface area contributed by atoms with Crippen LogP contribution in [0.5, 0.6) is 0 Å². The van der Waals surface area contributed by atoms with E-state index < -0.39 is 5.60 Å². The Labute approximate surface area is 120 Å². The molecule has 0 aliphatic carbocycles. The van der Waals surface area contributed by atoms with Gasteiger partial charge in [0.05, 0.1) is 16.2 Å². The van der Waals surface area contributed by atoms with Gasteiger partial charge in [0, 0.05) is 12.6 Å². The lowest BCUT2D eigenvalue weighted by Crippen LogP contribution is -2.37. The third kappa shape index (κ3) is 3.29. The fourth-order valence-electron chi connectivity index (χ4n) is 2.73. The van der Waals surface area contributed by atoms with Crippen molar-refractivity contribution in [3.8, 4) is 0 Å². The van der Waals surface area contributed by atoms with Gasteiger partial charge in [-0.3, -0.25) is 0 Å². The zero-order valence-corrected chi connectivity index (χ0v) is 13.4. The first-order chi connectivity index (χ1) is 8.93. The number of aryl methyl sites for hydroxylation is 1. The number of piperidine rings is 1. The van der Waals surface area contributed by atoms with Crippen molar-refractivity contribution in [3.63, 3.8) is 0 Å². The van der Waals surface area contributed by atoms with Crippen LogP contribution in [-0.2, 0) is 12.0 Å². The standard InChI is InChI=1S/C15H26N2OS/c1-5-8-12-13(15(3,4)18)19-14(16-12)17-10-7-6-9-11(17)2/h11,18H,5-10H2,1-4H3. The summed E-state index contributed by atoms with van der Waals surface area (Å²) in [6.07, 6.45) is 5.86. The van der Waals surface area contributed by atoms with Crippen LogP contribution in [0, 0.1) is 0 Å². The quantitative estimate of drug-likeness (QED) is 0.914. The Hall–Kier alpha value is -0.610. The van der Waals surface area contributed by atoms with Crippen LogP contribution < -0.4 is 4.90 Å². The summed E-state index contributed by atoms with van der Waals surface area (Å²) in [5, 5.41) is 11.4. The molecule has 1 N–H and O–H groups in total. The second kappa shape index (κ2) is 5.80. The van der Waals surface area contributed by atoms with Gasteiger partial charge in [0.1, 0.15) is 0 Å². The van der Waals surface area contributed by atoms with Gasteiger partial charge in [-0.1, -0.05) is 24.7 Å². The first kappa shape index (κ1) is 14.8. The van der Waals surface area contributed by atoms with E-state index in [1.807, 2.05) is 13.8 Å². The third-order valence-corrected chi connectivity index (χ3v) is 5.22. The smallest absolute Gasteiger partial charge is 0.186 e. The van der Waals surface area contributed by atoms with Crippen molar-refractivity contribution in [2.75, 3.05) is 11.4 Å². The first-order valence-corrected chi connectivity index (χ1v) is 8.24. The Morgan fingerprint density at radius 1 is 1.42 bits per heavy atom. The van der Waals surface area contributed by atoms with Crippen LogP contribution in [-0.4, -0.2) is 22.7 Å². The highest BCUT2D eigenvalue weighted by atomic mass is 32.1. The highest BCUT2D eigenvalue weighted by Crippen LogP contribution is 2.37. The molecule has 19 heavy (non-hydrogen) atoms. The Morgan fingerprint density at radius 3 is 2.74 bits per heavy atom. The van der Waals surface area contributed by atoms with Crippen LogP contribution >= 0.6 is 11.3 Å². The van der Waals surface area contributed by atoms with Crippen LogP contribution in [0.3, 0.4) is 0 Å².